The molecular formula is C24H17ClO5. The highest BCUT2D eigenvalue weighted by Gasteiger charge is 2.10. The molecule has 0 saturated heterocycles. The van der Waals surface area contributed by atoms with Crippen molar-refractivity contribution < 1.29 is 18.7 Å². The highest BCUT2D eigenvalue weighted by atomic mass is 35.5. The third kappa shape index (κ3) is 4.70. The molecule has 0 fully saturated rings. The van der Waals surface area contributed by atoms with Gasteiger partial charge < -0.3 is 13.9 Å². The minimum Gasteiger partial charge on any atom is -0.482 e. The Bertz CT molecular complexity index is 1230. The van der Waals surface area contributed by atoms with Gasteiger partial charge in [0.25, 0.3) is 0 Å². The fourth-order valence-electron chi connectivity index (χ4n) is 2.93. The molecule has 0 radical (unpaired) electrons. The van der Waals surface area contributed by atoms with Gasteiger partial charge in [0, 0.05) is 16.5 Å². The third-order valence-electron chi connectivity index (χ3n) is 4.46. The lowest BCUT2D eigenvalue weighted by Crippen LogP contribution is -2.14. The van der Waals surface area contributed by atoms with Crippen molar-refractivity contribution in [3.8, 4) is 16.9 Å². The van der Waals surface area contributed by atoms with Gasteiger partial charge in [-0.15, -0.1) is 0 Å². The van der Waals surface area contributed by atoms with E-state index in [-0.39, 0.29) is 13.2 Å². The monoisotopic (exact) mass is 420 g/mol. The van der Waals surface area contributed by atoms with Crippen molar-refractivity contribution in [1.82, 2.24) is 0 Å². The summed E-state index contributed by atoms with van der Waals surface area (Å²) in [6.45, 7) is -0.0610. The number of hydrogen-bond acceptors (Lipinski definition) is 5. The fraction of sp³-hybridized carbons (Fsp3) is 0.0833. The Morgan fingerprint density at radius 3 is 2.47 bits per heavy atom. The Hall–Kier alpha value is -3.57. The Labute approximate surface area is 177 Å². The van der Waals surface area contributed by atoms with Crippen LogP contribution in [0.15, 0.2) is 88.1 Å². The molecule has 4 rings (SSSR count). The summed E-state index contributed by atoms with van der Waals surface area (Å²) in [6, 6.07) is 23.2. The number of halogens is 1. The number of rotatable bonds is 6. The van der Waals surface area contributed by atoms with Crippen LogP contribution >= 0.6 is 11.6 Å². The second-order valence-electron chi connectivity index (χ2n) is 6.59. The van der Waals surface area contributed by atoms with Crippen molar-refractivity contribution in [3.05, 3.63) is 99.9 Å². The number of carbonyl (C=O) groups excluding carboxylic acids is 1. The summed E-state index contributed by atoms with van der Waals surface area (Å²) in [5.74, 6) is -0.0833. The minimum atomic E-state index is -0.488. The standard InChI is InChI=1S/C24H17ClO5/c25-19-9-6-17(7-10-19)21-12-18-8-11-20(13-22(18)30-24(21)27)28-15-23(26)29-14-16-4-2-1-3-5-16/h1-13H,14-15H2. The Morgan fingerprint density at radius 1 is 0.933 bits per heavy atom. The topological polar surface area (TPSA) is 65.7 Å². The summed E-state index contributed by atoms with van der Waals surface area (Å²) in [5, 5.41) is 1.33. The van der Waals surface area contributed by atoms with Crippen LogP contribution in [0.25, 0.3) is 22.1 Å². The molecule has 5 nitrogen and oxygen atoms in total. The lowest BCUT2D eigenvalue weighted by atomic mass is 10.1. The normalized spacial score (nSPS) is 10.7. The molecule has 0 N–H and O–H groups in total. The van der Waals surface area contributed by atoms with Crippen molar-refractivity contribution in [1.29, 1.82) is 0 Å². The maximum absolute atomic E-state index is 12.4. The Kier molecular flexibility index (Phi) is 5.82. The molecule has 0 spiro atoms. The third-order valence-corrected chi connectivity index (χ3v) is 4.71. The van der Waals surface area contributed by atoms with Crippen LogP contribution in [0.4, 0.5) is 0 Å². The van der Waals surface area contributed by atoms with E-state index in [4.69, 9.17) is 25.5 Å². The highest BCUT2D eigenvalue weighted by molar-refractivity contribution is 6.30. The summed E-state index contributed by atoms with van der Waals surface area (Å²) in [7, 11) is 0. The van der Waals surface area contributed by atoms with Gasteiger partial charge in [-0.1, -0.05) is 54.1 Å². The smallest absolute Gasteiger partial charge is 0.344 e. The second kappa shape index (κ2) is 8.84. The van der Waals surface area contributed by atoms with Gasteiger partial charge in [0.15, 0.2) is 6.61 Å². The first kappa shape index (κ1) is 19.7. The van der Waals surface area contributed by atoms with Gasteiger partial charge >= 0.3 is 11.6 Å². The average molecular weight is 421 g/mol. The van der Waals surface area contributed by atoms with Crippen LogP contribution in [0.5, 0.6) is 5.75 Å². The number of ether oxygens (including phenoxy) is 2. The zero-order chi connectivity index (χ0) is 20.9. The minimum absolute atomic E-state index is 0.184. The summed E-state index contributed by atoms with van der Waals surface area (Å²) in [6.07, 6.45) is 0. The maximum Gasteiger partial charge on any atom is 0.344 e. The lowest BCUT2D eigenvalue weighted by molar-refractivity contribution is -0.147. The van der Waals surface area contributed by atoms with Crippen LogP contribution in [-0.4, -0.2) is 12.6 Å². The van der Waals surface area contributed by atoms with E-state index in [1.165, 1.54) is 0 Å². The van der Waals surface area contributed by atoms with E-state index in [2.05, 4.69) is 0 Å². The first-order valence-corrected chi connectivity index (χ1v) is 9.62. The molecule has 150 valence electrons. The summed E-state index contributed by atoms with van der Waals surface area (Å²) < 4.78 is 16.1. The fourth-order valence-corrected chi connectivity index (χ4v) is 3.06. The van der Waals surface area contributed by atoms with E-state index in [1.54, 1.807) is 48.5 Å². The van der Waals surface area contributed by atoms with Crippen molar-refractivity contribution in [2.75, 3.05) is 6.61 Å². The predicted octanol–water partition coefficient (Wildman–Crippen LogP) is 5.24. The van der Waals surface area contributed by atoms with E-state index in [1.807, 2.05) is 30.3 Å². The molecular weight excluding hydrogens is 404 g/mol. The average Bonchev–Trinajstić information content (AvgIpc) is 2.77. The molecule has 0 amide bonds. The SMILES string of the molecule is O=C(COc1ccc2cc(-c3ccc(Cl)cc3)c(=O)oc2c1)OCc1ccccc1. The van der Waals surface area contributed by atoms with E-state index in [0.29, 0.717) is 21.9 Å². The number of benzene rings is 3. The Balaban J connectivity index is 1.44. The lowest BCUT2D eigenvalue weighted by Gasteiger charge is -2.08. The summed E-state index contributed by atoms with van der Waals surface area (Å²) >= 11 is 5.91. The molecule has 4 aromatic rings. The van der Waals surface area contributed by atoms with Crippen LogP contribution < -0.4 is 10.4 Å². The van der Waals surface area contributed by atoms with Crippen molar-refractivity contribution in [2.24, 2.45) is 0 Å². The van der Waals surface area contributed by atoms with Crippen molar-refractivity contribution in [3.63, 3.8) is 0 Å². The van der Waals surface area contributed by atoms with E-state index in [9.17, 15) is 9.59 Å². The molecule has 1 heterocycles. The maximum atomic E-state index is 12.4. The molecule has 3 aromatic carbocycles. The predicted molar refractivity (Wildman–Crippen MR) is 115 cm³/mol. The largest absolute Gasteiger partial charge is 0.482 e. The molecule has 0 atom stereocenters. The van der Waals surface area contributed by atoms with Crippen molar-refractivity contribution >= 4 is 28.5 Å². The summed E-state index contributed by atoms with van der Waals surface area (Å²) in [5.41, 5.74) is 1.96. The number of esters is 1. The van der Waals surface area contributed by atoms with E-state index in [0.717, 1.165) is 16.5 Å². The van der Waals surface area contributed by atoms with Gasteiger partial charge in [0.1, 0.15) is 17.9 Å². The zero-order valence-electron chi connectivity index (χ0n) is 15.8. The molecule has 0 saturated carbocycles. The van der Waals surface area contributed by atoms with Crippen LogP contribution in [0.2, 0.25) is 5.02 Å². The van der Waals surface area contributed by atoms with Crippen molar-refractivity contribution in [2.45, 2.75) is 6.61 Å². The van der Waals surface area contributed by atoms with E-state index >= 15 is 0 Å². The Morgan fingerprint density at radius 2 is 1.70 bits per heavy atom. The van der Waals surface area contributed by atoms with Gasteiger partial charge in [-0.2, -0.15) is 0 Å². The molecule has 0 bridgehead atoms. The highest BCUT2D eigenvalue weighted by Crippen LogP contribution is 2.25. The van der Waals surface area contributed by atoms with Gasteiger partial charge in [0.2, 0.25) is 0 Å². The zero-order valence-corrected chi connectivity index (χ0v) is 16.6. The molecule has 0 aliphatic carbocycles. The second-order valence-corrected chi connectivity index (χ2v) is 7.03. The van der Waals surface area contributed by atoms with Gasteiger partial charge in [-0.05, 0) is 41.5 Å². The molecule has 1 aromatic heterocycles. The molecule has 6 heteroatoms. The first-order chi connectivity index (χ1) is 14.6. The quantitative estimate of drug-likeness (QED) is 0.315. The molecule has 0 unspecified atom stereocenters. The van der Waals surface area contributed by atoms with Gasteiger partial charge in [-0.3, -0.25) is 0 Å². The van der Waals surface area contributed by atoms with Gasteiger partial charge in [0.05, 0.1) is 5.56 Å². The number of hydrogen-bond donors (Lipinski definition) is 0. The molecule has 0 aliphatic heterocycles. The first-order valence-electron chi connectivity index (χ1n) is 9.25. The molecule has 30 heavy (non-hydrogen) atoms. The van der Waals surface area contributed by atoms with Crippen LogP contribution in [-0.2, 0) is 16.1 Å². The van der Waals surface area contributed by atoms with Crippen LogP contribution in [0.1, 0.15) is 5.56 Å². The number of fused-ring (bicyclic) bond motifs is 1. The number of carbonyl (C=O) groups is 1. The van der Waals surface area contributed by atoms with Crippen LogP contribution in [0, 0.1) is 0 Å². The molecule has 0 aliphatic rings. The van der Waals surface area contributed by atoms with Crippen LogP contribution in [0.3, 0.4) is 0 Å². The van der Waals surface area contributed by atoms with E-state index < -0.39 is 11.6 Å². The van der Waals surface area contributed by atoms with Gasteiger partial charge in [-0.25, -0.2) is 9.59 Å². The summed E-state index contributed by atoms with van der Waals surface area (Å²) in [4.78, 5) is 24.3.